The summed E-state index contributed by atoms with van der Waals surface area (Å²) < 4.78 is 5.99. The van der Waals surface area contributed by atoms with E-state index in [9.17, 15) is 4.79 Å². The zero-order valence-corrected chi connectivity index (χ0v) is 15.7. The monoisotopic (exact) mass is 359 g/mol. The van der Waals surface area contributed by atoms with E-state index in [2.05, 4.69) is 34.0 Å². The molecule has 3 N–H and O–H groups in total. The number of nitrogens with one attached hydrogen (secondary N) is 1. The number of aromatic nitrogens is 2. The van der Waals surface area contributed by atoms with Crippen molar-refractivity contribution in [2.45, 2.75) is 64.1 Å². The molecule has 4 rings (SSSR count). The number of ether oxygens (including phenoxy) is 1. The van der Waals surface area contributed by atoms with E-state index in [-0.39, 0.29) is 24.0 Å². The number of hydrogen-bond donors (Lipinski definition) is 2. The molecule has 1 aromatic rings. The van der Waals surface area contributed by atoms with Crippen LogP contribution in [0.3, 0.4) is 0 Å². The highest BCUT2D eigenvalue weighted by Gasteiger charge is 2.39. The number of carbonyl (C=O) groups excluding carboxylic acids is 1. The molecule has 142 valence electrons. The van der Waals surface area contributed by atoms with E-state index in [1.165, 1.54) is 0 Å². The molecule has 0 spiro atoms. The van der Waals surface area contributed by atoms with Crippen molar-refractivity contribution in [3.8, 4) is 0 Å². The number of amides is 1. The number of aryl methyl sites for hydroxylation is 1. The summed E-state index contributed by atoms with van der Waals surface area (Å²) in [6.07, 6.45) is 5.14. The predicted octanol–water partition coefficient (Wildman–Crippen LogP) is 1.17. The van der Waals surface area contributed by atoms with Crippen molar-refractivity contribution in [2.75, 3.05) is 25.4 Å². The molecule has 0 saturated carbocycles. The number of fused-ring (bicyclic) bond motifs is 2. The van der Waals surface area contributed by atoms with E-state index >= 15 is 0 Å². The predicted molar refractivity (Wildman–Crippen MR) is 98.9 cm³/mol. The van der Waals surface area contributed by atoms with Crippen LogP contribution in [0.4, 0.5) is 5.95 Å². The zero-order valence-electron chi connectivity index (χ0n) is 15.7. The van der Waals surface area contributed by atoms with Gasteiger partial charge in [-0.15, -0.1) is 0 Å². The van der Waals surface area contributed by atoms with Gasteiger partial charge in [-0.05, 0) is 38.0 Å². The summed E-state index contributed by atoms with van der Waals surface area (Å²) in [4.78, 5) is 24.0. The van der Waals surface area contributed by atoms with Crippen molar-refractivity contribution in [2.24, 2.45) is 5.92 Å². The highest BCUT2D eigenvalue weighted by molar-refractivity contribution is 5.94. The Morgan fingerprint density at radius 1 is 1.27 bits per heavy atom. The van der Waals surface area contributed by atoms with Crippen LogP contribution in [0.2, 0.25) is 0 Å². The molecule has 7 heteroatoms. The number of hydrogen-bond acceptors (Lipinski definition) is 6. The lowest BCUT2D eigenvalue weighted by Gasteiger charge is -2.36. The lowest BCUT2D eigenvalue weighted by molar-refractivity contribution is -0.0683. The summed E-state index contributed by atoms with van der Waals surface area (Å²) in [5.74, 6) is 0.608. The average Bonchev–Trinajstić information content (AvgIpc) is 3.02. The quantitative estimate of drug-likeness (QED) is 0.841. The first-order chi connectivity index (χ1) is 12.5. The first kappa shape index (κ1) is 17.7. The molecule has 0 radical (unpaired) electrons. The van der Waals surface area contributed by atoms with Crippen LogP contribution in [0, 0.1) is 5.92 Å². The third-order valence-electron chi connectivity index (χ3n) is 5.94. The summed E-state index contributed by atoms with van der Waals surface area (Å²) in [5, 5.41) is 3.19. The van der Waals surface area contributed by atoms with Gasteiger partial charge < -0.3 is 15.8 Å². The standard InChI is InChI=1S/C19H29N5O2/c1-11(2)16-9-24-8-12(7-13(24)10-26-16)21-18(25)17-14-5-3-4-6-15(14)22-19(20)23-17/h11-13,16H,3-10H2,1-2H3,(H,21,25)(H2,20,22,23)/t12-,13+,16+/m1/s1. The topological polar surface area (TPSA) is 93.4 Å². The molecule has 1 aliphatic carbocycles. The molecule has 3 aliphatic rings. The van der Waals surface area contributed by atoms with Crippen LogP contribution in [0.5, 0.6) is 0 Å². The number of carbonyl (C=O) groups is 1. The van der Waals surface area contributed by atoms with Gasteiger partial charge in [-0.1, -0.05) is 13.8 Å². The normalized spacial score (nSPS) is 28.7. The number of nitrogen functional groups attached to an aromatic ring is 1. The molecular weight excluding hydrogens is 330 g/mol. The largest absolute Gasteiger partial charge is 0.375 e. The van der Waals surface area contributed by atoms with Gasteiger partial charge in [-0.25, -0.2) is 9.97 Å². The van der Waals surface area contributed by atoms with Gasteiger partial charge in [0.05, 0.1) is 12.7 Å². The molecular formula is C19H29N5O2. The van der Waals surface area contributed by atoms with Crippen LogP contribution in [0.15, 0.2) is 0 Å². The fourth-order valence-electron chi connectivity index (χ4n) is 4.46. The van der Waals surface area contributed by atoms with E-state index < -0.39 is 0 Å². The van der Waals surface area contributed by atoms with Gasteiger partial charge >= 0.3 is 0 Å². The van der Waals surface area contributed by atoms with Crippen molar-refractivity contribution in [1.82, 2.24) is 20.2 Å². The lowest BCUT2D eigenvalue weighted by atomic mass is 9.94. The van der Waals surface area contributed by atoms with Crippen molar-refractivity contribution in [3.63, 3.8) is 0 Å². The molecule has 2 aliphatic heterocycles. The van der Waals surface area contributed by atoms with E-state index in [0.717, 1.165) is 63.1 Å². The fourth-order valence-corrected chi connectivity index (χ4v) is 4.46. The van der Waals surface area contributed by atoms with Crippen molar-refractivity contribution in [1.29, 1.82) is 0 Å². The molecule has 1 amide bonds. The summed E-state index contributed by atoms with van der Waals surface area (Å²) >= 11 is 0. The Kier molecular flexibility index (Phi) is 4.84. The third kappa shape index (κ3) is 3.42. The van der Waals surface area contributed by atoms with Gasteiger partial charge in [0, 0.05) is 36.4 Å². The van der Waals surface area contributed by atoms with E-state index in [4.69, 9.17) is 10.5 Å². The minimum Gasteiger partial charge on any atom is -0.375 e. The second-order valence-electron chi connectivity index (χ2n) is 8.19. The van der Waals surface area contributed by atoms with Gasteiger partial charge in [-0.2, -0.15) is 0 Å². The first-order valence-corrected chi connectivity index (χ1v) is 9.83. The Hall–Kier alpha value is -1.73. The van der Waals surface area contributed by atoms with Crippen molar-refractivity contribution >= 4 is 11.9 Å². The Balaban J connectivity index is 1.44. The molecule has 0 bridgehead atoms. The van der Waals surface area contributed by atoms with Gasteiger partial charge in [0.2, 0.25) is 5.95 Å². The zero-order chi connectivity index (χ0) is 18.3. The number of morpholine rings is 1. The summed E-state index contributed by atoms with van der Waals surface area (Å²) in [6.45, 7) is 6.98. The maximum atomic E-state index is 12.9. The first-order valence-electron chi connectivity index (χ1n) is 9.83. The molecule has 0 unspecified atom stereocenters. The average molecular weight is 359 g/mol. The van der Waals surface area contributed by atoms with Crippen molar-refractivity contribution in [3.05, 3.63) is 17.0 Å². The number of nitrogens with zero attached hydrogens (tertiary/aromatic N) is 3. The lowest BCUT2D eigenvalue weighted by Crippen LogP contribution is -2.48. The van der Waals surface area contributed by atoms with Gasteiger partial charge in [0.15, 0.2) is 0 Å². The second-order valence-corrected chi connectivity index (χ2v) is 8.19. The highest BCUT2D eigenvalue weighted by Crippen LogP contribution is 2.27. The molecule has 26 heavy (non-hydrogen) atoms. The molecule has 2 saturated heterocycles. The fraction of sp³-hybridized carbons (Fsp3) is 0.737. The molecule has 7 nitrogen and oxygen atoms in total. The SMILES string of the molecule is CC(C)[C@@H]1CN2C[C@H](NC(=O)c3nc(N)nc4c3CCCC4)C[C@H]2CO1. The molecule has 2 fully saturated rings. The molecule has 3 heterocycles. The van der Waals surface area contributed by atoms with Crippen LogP contribution in [-0.2, 0) is 17.6 Å². The second kappa shape index (κ2) is 7.12. The van der Waals surface area contributed by atoms with Crippen LogP contribution in [0.25, 0.3) is 0 Å². The van der Waals surface area contributed by atoms with Gasteiger partial charge in [-0.3, -0.25) is 9.69 Å². The maximum Gasteiger partial charge on any atom is 0.270 e. The van der Waals surface area contributed by atoms with E-state index in [1.54, 1.807) is 0 Å². The van der Waals surface area contributed by atoms with Crippen molar-refractivity contribution < 1.29 is 9.53 Å². The summed E-state index contributed by atoms with van der Waals surface area (Å²) in [6, 6.07) is 0.539. The third-order valence-corrected chi connectivity index (χ3v) is 5.94. The Morgan fingerprint density at radius 3 is 2.88 bits per heavy atom. The molecule has 3 atom stereocenters. The molecule has 1 aromatic heterocycles. The Labute approximate surface area is 154 Å². The highest BCUT2D eigenvalue weighted by atomic mass is 16.5. The smallest absolute Gasteiger partial charge is 0.270 e. The van der Waals surface area contributed by atoms with Crippen LogP contribution >= 0.6 is 0 Å². The Morgan fingerprint density at radius 2 is 2.08 bits per heavy atom. The Bertz CT molecular complexity index is 693. The van der Waals surface area contributed by atoms with Gasteiger partial charge in [0.25, 0.3) is 5.91 Å². The van der Waals surface area contributed by atoms with E-state index in [1.807, 2.05) is 0 Å². The van der Waals surface area contributed by atoms with Gasteiger partial charge in [0.1, 0.15) is 5.69 Å². The summed E-state index contributed by atoms with van der Waals surface area (Å²) in [7, 11) is 0. The minimum absolute atomic E-state index is 0.108. The summed E-state index contributed by atoms with van der Waals surface area (Å²) in [5.41, 5.74) is 8.26. The minimum atomic E-state index is -0.108. The number of nitrogens with two attached hydrogens (primary N) is 1. The number of anilines is 1. The number of rotatable bonds is 3. The van der Waals surface area contributed by atoms with Crippen LogP contribution in [0.1, 0.15) is 54.9 Å². The van der Waals surface area contributed by atoms with Crippen LogP contribution < -0.4 is 11.1 Å². The molecule has 0 aromatic carbocycles. The maximum absolute atomic E-state index is 12.9. The van der Waals surface area contributed by atoms with Crippen LogP contribution in [-0.4, -0.2) is 58.7 Å². The van der Waals surface area contributed by atoms with E-state index in [0.29, 0.717) is 17.7 Å².